The molecule has 0 unspecified atom stereocenters. The molecule has 1 aliphatic heterocycles. The number of allylic oxidation sites excluding steroid dienone is 1. The van der Waals surface area contributed by atoms with E-state index in [1.807, 2.05) is 0 Å². The van der Waals surface area contributed by atoms with Crippen LogP contribution in [0.15, 0.2) is 48.2 Å². The van der Waals surface area contributed by atoms with Gasteiger partial charge in [-0.3, -0.25) is 14.4 Å². The Morgan fingerprint density at radius 3 is 2.61 bits per heavy atom. The number of rotatable bonds is 10. The van der Waals surface area contributed by atoms with Gasteiger partial charge in [0.05, 0.1) is 12.7 Å². The highest BCUT2D eigenvalue weighted by Crippen LogP contribution is 2.35. The third kappa shape index (κ3) is 6.10. The van der Waals surface area contributed by atoms with Crippen LogP contribution in [0.5, 0.6) is 17.2 Å². The van der Waals surface area contributed by atoms with Gasteiger partial charge in [-0.25, -0.2) is 4.79 Å². The molecule has 0 aliphatic carbocycles. The van der Waals surface area contributed by atoms with Gasteiger partial charge in [0, 0.05) is 12.5 Å². The minimum atomic E-state index is -1.34. The van der Waals surface area contributed by atoms with Crippen molar-refractivity contribution in [3.63, 3.8) is 0 Å². The molecule has 1 atom stereocenters. The Bertz CT molecular complexity index is 1120. The number of ether oxygens (including phenoxy) is 3. The molecule has 10 nitrogen and oxygen atoms in total. The van der Waals surface area contributed by atoms with Crippen molar-refractivity contribution in [2.75, 3.05) is 13.7 Å². The number of aliphatic carboxylic acids is 2. The van der Waals surface area contributed by atoms with Crippen LogP contribution >= 0.6 is 0 Å². The first-order valence-electron chi connectivity index (χ1n) is 9.86. The van der Waals surface area contributed by atoms with E-state index >= 15 is 0 Å². The van der Waals surface area contributed by atoms with E-state index in [4.69, 9.17) is 24.4 Å². The summed E-state index contributed by atoms with van der Waals surface area (Å²) in [6.07, 6.45) is 0.926. The van der Waals surface area contributed by atoms with Crippen molar-refractivity contribution in [3.05, 3.63) is 59.4 Å². The van der Waals surface area contributed by atoms with Crippen LogP contribution in [0.25, 0.3) is 6.08 Å². The summed E-state index contributed by atoms with van der Waals surface area (Å²) in [6, 6.07) is 10.2. The van der Waals surface area contributed by atoms with Gasteiger partial charge < -0.3 is 29.7 Å². The number of fused-ring (bicyclic) bond motifs is 1. The zero-order valence-electron chi connectivity index (χ0n) is 17.6. The van der Waals surface area contributed by atoms with Gasteiger partial charge in [-0.15, -0.1) is 0 Å². The minimum Gasteiger partial charge on any atom is -0.497 e. The maximum Gasteiger partial charge on any atom is 0.326 e. The van der Waals surface area contributed by atoms with Crippen LogP contribution < -0.4 is 19.5 Å². The first kappa shape index (κ1) is 23.3. The highest BCUT2D eigenvalue weighted by Gasteiger charge is 2.28. The lowest BCUT2D eigenvalue weighted by atomic mass is 10.1. The Balaban J connectivity index is 1.62. The van der Waals surface area contributed by atoms with Gasteiger partial charge in [0.15, 0.2) is 12.4 Å². The van der Waals surface area contributed by atoms with E-state index in [9.17, 15) is 19.2 Å². The molecule has 2 aromatic rings. The Kier molecular flexibility index (Phi) is 7.29. The normalized spacial score (nSPS) is 14.2. The second-order valence-corrected chi connectivity index (χ2v) is 7.05. The van der Waals surface area contributed by atoms with Gasteiger partial charge in [-0.05, 0) is 42.3 Å². The second kappa shape index (κ2) is 10.3. The molecule has 0 saturated heterocycles. The monoisotopic (exact) mass is 455 g/mol. The van der Waals surface area contributed by atoms with Crippen molar-refractivity contribution in [1.29, 1.82) is 0 Å². The maximum absolute atomic E-state index is 12.6. The number of amides is 1. The fraction of sp³-hybridized carbons (Fsp3) is 0.217. The largest absolute Gasteiger partial charge is 0.497 e. The molecule has 0 spiro atoms. The molecule has 0 bridgehead atoms. The topological polar surface area (TPSA) is 148 Å². The number of nitrogens with one attached hydrogen (secondary N) is 1. The molecule has 33 heavy (non-hydrogen) atoms. The van der Waals surface area contributed by atoms with Crippen LogP contribution in [-0.4, -0.2) is 53.6 Å². The third-order valence-corrected chi connectivity index (χ3v) is 4.68. The number of hydrogen-bond donors (Lipinski definition) is 3. The lowest BCUT2D eigenvalue weighted by molar-refractivity contribution is -0.143. The molecule has 0 fully saturated rings. The van der Waals surface area contributed by atoms with E-state index in [0.29, 0.717) is 11.3 Å². The summed E-state index contributed by atoms with van der Waals surface area (Å²) in [4.78, 5) is 46.4. The fourth-order valence-corrected chi connectivity index (χ4v) is 3.05. The van der Waals surface area contributed by atoms with E-state index in [1.165, 1.54) is 18.2 Å². The number of carbonyl (C=O) groups is 4. The van der Waals surface area contributed by atoms with Crippen molar-refractivity contribution in [2.45, 2.75) is 18.9 Å². The summed E-state index contributed by atoms with van der Waals surface area (Å²) in [5, 5.41) is 20.0. The number of hydrogen-bond acceptors (Lipinski definition) is 7. The Labute approximate surface area is 188 Å². The molecule has 10 heteroatoms. The van der Waals surface area contributed by atoms with Crippen molar-refractivity contribution in [3.8, 4) is 17.2 Å². The van der Waals surface area contributed by atoms with Crippen LogP contribution in [0.3, 0.4) is 0 Å². The predicted octanol–water partition coefficient (Wildman–Crippen LogP) is 2.12. The molecule has 3 N–H and O–H groups in total. The number of carboxylic acid groups (broad SMARTS) is 2. The zero-order valence-corrected chi connectivity index (χ0v) is 17.6. The summed E-state index contributed by atoms with van der Waals surface area (Å²) in [7, 11) is 1.54. The summed E-state index contributed by atoms with van der Waals surface area (Å²) in [5.41, 5.74) is 1.05. The van der Waals surface area contributed by atoms with Crippen LogP contribution in [0.2, 0.25) is 0 Å². The van der Waals surface area contributed by atoms with Crippen LogP contribution in [0, 0.1) is 0 Å². The van der Waals surface area contributed by atoms with Crippen LogP contribution in [-0.2, 0) is 14.4 Å². The predicted molar refractivity (Wildman–Crippen MR) is 114 cm³/mol. The molecule has 172 valence electrons. The fourth-order valence-electron chi connectivity index (χ4n) is 3.05. The van der Waals surface area contributed by atoms with Crippen molar-refractivity contribution in [2.24, 2.45) is 0 Å². The highest BCUT2D eigenvalue weighted by molar-refractivity contribution is 6.14. The Morgan fingerprint density at radius 1 is 1.12 bits per heavy atom. The first-order valence-corrected chi connectivity index (χ1v) is 9.86. The van der Waals surface area contributed by atoms with E-state index in [-0.39, 0.29) is 29.5 Å². The average Bonchev–Trinajstić information content (AvgIpc) is 3.09. The number of carboxylic acids is 2. The summed E-state index contributed by atoms with van der Waals surface area (Å²) in [6.45, 7) is -0.504. The van der Waals surface area contributed by atoms with E-state index in [0.717, 1.165) is 5.56 Å². The molecule has 0 saturated carbocycles. The average molecular weight is 455 g/mol. The van der Waals surface area contributed by atoms with Crippen LogP contribution in [0.1, 0.15) is 28.8 Å². The number of carbonyl (C=O) groups excluding carboxylic acids is 2. The molecular formula is C23H21NO9. The molecule has 1 heterocycles. The molecule has 1 amide bonds. The van der Waals surface area contributed by atoms with Crippen molar-refractivity contribution in [1.82, 2.24) is 5.32 Å². The molecule has 1 aliphatic rings. The van der Waals surface area contributed by atoms with Crippen LogP contribution in [0.4, 0.5) is 0 Å². The van der Waals surface area contributed by atoms with E-state index in [2.05, 4.69) is 5.32 Å². The summed E-state index contributed by atoms with van der Waals surface area (Å²) < 4.78 is 16.2. The number of Topliss-reactive ketones (excluding diaryl/α,β-unsaturated/α-hetero) is 1. The molecule has 2 aromatic carbocycles. The van der Waals surface area contributed by atoms with Gasteiger partial charge in [0.25, 0.3) is 5.91 Å². The van der Waals surface area contributed by atoms with Gasteiger partial charge >= 0.3 is 11.9 Å². The van der Waals surface area contributed by atoms with Crippen molar-refractivity contribution < 1.29 is 43.6 Å². The molecule has 3 rings (SSSR count). The standard InChI is InChI=1S/C23H21NO9/c1-31-14-4-2-3-13(9-14)10-19-22(28)16-6-5-15(11-18(16)33-19)32-12-20(25)24-17(23(29)30)7-8-21(26)27/h2-6,9-11,17H,7-8,12H2,1H3,(H,24,25)(H,26,27)(H,29,30)/b19-10-/t17-/m0/s1. The van der Waals surface area contributed by atoms with Gasteiger partial charge in [-0.1, -0.05) is 12.1 Å². The van der Waals surface area contributed by atoms with Crippen molar-refractivity contribution >= 4 is 29.7 Å². The zero-order chi connectivity index (χ0) is 24.0. The molecule has 0 radical (unpaired) electrons. The number of ketones is 1. The number of methoxy groups -OCH3 is 1. The first-order chi connectivity index (χ1) is 15.8. The minimum absolute atomic E-state index is 0.121. The summed E-state index contributed by atoms with van der Waals surface area (Å²) in [5.74, 6) is -2.30. The lowest BCUT2D eigenvalue weighted by Crippen LogP contribution is -2.43. The SMILES string of the molecule is COc1cccc(/C=C2\Oc3cc(OCC(=O)N[C@@H](CCC(=O)O)C(=O)O)ccc3C2=O)c1. The molecular weight excluding hydrogens is 434 g/mol. The quantitative estimate of drug-likeness (QED) is 0.458. The Hall–Kier alpha value is -4.34. The smallest absolute Gasteiger partial charge is 0.326 e. The number of benzene rings is 2. The van der Waals surface area contributed by atoms with E-state index < -0.39 is 36.9 Å². The van der Waals surface area contributed by atoms with Gasteiger partial charge in [0.1, 0.15) is 23.3 Å². The molecule has 0 aromatic heterocycles. The van der Waals surface area contributed by atoms with E-state index in [1.54, 1.807) is 37.5 Å². The Morgan fingerprint density at radius 2 is 1.91 bits per heavy atom. The second-order valence-electron chi connectivity index (χ2n) is 7.05. The lowest BCUT2D eigenvalue weighted by Gasteiger charge is -2.14. The van der Waals surface area contributed by atoms with Gasteiger partial charge in [0.2, 0.25) is 5.78 Å². The maximum atomic E-state index is 12.6. The summed E-state index contributed by atoms with van der Waals surface area (Å²) >= 11 is 0. The highest BCUT2D eigenvalue weighted by atomic mass is 16.5. The third-order valence-electron chi connectivity index (χ3n) is 4.68. The van der Waals surface area contributed by atoms with Gasteiger partial charge in [-0.2, -0.15) is 0 Å².